The van der Waals surface area contributed by atoms with Gasteiger partial charge in [0.15, 0.2) is 0 Å². The van der Waals surface area contributed by atoms with Crippen LogP contribution in [0.15, 0.2) is 29.0 Å². The highest BCUT2D eigenvalue weighted by Gasteiger charge is 2.41. The summed E-state index contributed by atoms with van der Waals surface area (Å²) in [6, 6.07) is 3.82. The summed E-state index contributed by atoms with van der Waals surface area (Å²) in [7, 11) is 0. The summed E-state index contributed by atoms with van der Waals surface area (Å²) >= 11 is 0. The number of carbonyl (C=O) groups is 2. The lowest BCUT2D eigenvalue weighted by molar-refractivity contribution is -0.139. The molecule has 2 aromatic rings. The molecule has 148 valence electrons. The van der Waals surface area contributed by atoms with Crippen molar-refractivity contribution in [1.82, 2.24) is 24.9 Å². The number of nitrogens with zero attached hydrogens (tertiary/aromatic N) is 5. The molecule has 8 nitrogen and oxygen atoms in total. The molecule has 0 spiro atoms. The van der Waals surface area contributed by atoms with Gasteiger partial charge in [0.2, 0.25) is 23.5 Å². The summed E-state index contributed by atoms with van der Waals surface area (Å²) in [6.07, 6.45) is 6.86. The van der Waals surface area contributed by atoms with Crippen LogP contribution in [0, 0.1) is 5.92 Å². The first-order valence-corrected chi connectivity index (χ1v) is 9.97. The van der Waals surface area contributed by atoms with E-state index in [0.29, 0.717) is 37.6 Å². The van der Waals surface area contributed by atoms with Crippen LogP contribution in [0.1, 0.15) is 38.5 Å². The fourth-order valence-electron chi connectivity index (χ4n) is 4.12. The number of aromatic nitrogens is 3. The van der Waals surface area contributed by atoms with Crippen LogP contribution in [0.3, 0.4) is 0 Å². The number of rotatable bonds is 6. The van der Waals surface area contributed by atoms with Gasteiger partial charge in [-0.15, -0.1) is 0 Å². The van der Waals surface area contributed by atoms with Gasteiger partial charge in [0.1, 0.15) is 0 Å². The summed E-state index contributed by atoms with van der Waals surface area (Å²) < 4.78 is 5.28. The second-order valence-electron chi connectivity index (χ2n) is 7.51. The Morgan fingerprint density at radius 2 is 2.21 bits per heavy atom. The zero-order valence-corrected chi connectivity index (χ0v) is 16.1. The van der Waals surface area contributed by atoms with Gasteiger partial charge in [-0.3, -0.25) is 14.6 Å². The van der Waals surface area contributed by atoms with Crippen LogP contribution >= 0.6 is 0 Å². The monoisotopic (exact) mass is 383 g/mol. The number of hydrogen-bond acceptors (Lipinski definition) is 6. The average Bonchev–Trinajstić information content (AvgIpc) is 3.03. The Morgan fingerprint density at radius 1 is 1.32 bits per heavy atom. The van der Waals surface area contributed by atoms with Crippen molar-refractivity contribution in [1.29, 1.82) is 0 Å². The number of pyridine rings is 1. The lowest BCUT2D eigenvalue weighted by Gasteiger charge is -2.35. The molecule has 0 N–H and O–H groups in total. The molecule has 3 aliphatic rings. The predicted octanol–water partition coefficient (Wildman–Crippen LogP) is 1.92. The fourth-order valence-corrected chi connectivity index (χ4v) is 4.12. The fraction of sp³-hybridized carbons (Fsp3) is 0.550. The summed E-state index contributed by atoms with van der Waals surface area (Å²) in [5.74, 6) is 1.11. The largest absolute Gasteiger partial charge is 0.340 e. The van der Waals surface area contributed by atoms with E-state index in [9.17, 15) is 9.59 Å². The van der Waals surface area contributed by atoms with E-state index >= 15 is 0 Å². The van der Waals surface area contributed by atoms with Crippen molar-refractivity contribution < 1.29 is 14.1 Å². The third kappa shape index (κ3) is 3.76. The van der Waals surface area contributed by atoms with E-state index in [2.05, 4.69) is 22.0 Å². The zero-order valence-electron chi connectivity index (χ0n) is 16.1. The molecule has 5 heterocycles. The molecule has 0 unspecified atom stereocenters. The Bertz CT molecular complexity index is 837. The van der Waals surface area contributed by atoms with Crippen LogP contribution in [-0.4, -0.2) is 62.4 Å². The lowest BCUT2D eigenvalue weighted by Crippen LogP contribution is -2.48. The van der Waals surface area contributed by atoms with Gasteiger partial charge < -0.3 is 14.3 Å². The van der Waals surface area contributed by atoms with E-state index in [4.69, 9.17) is 4.52 Å². The van der Waals surface area contributed by atoms with E-state index in [-0.39, 0.29) is 23.8 Å². The summed E-state index contributed by atoms with van der Waals surface area (Å²) in [6.45, 7) is 4.02. The minimum atomic E-state index is -0.0603. The zero-order chi connectivity index (χ0) is 19.5. The Kier molecular flexibility index (Phi) is 5.36. The minimum Gasteiger partial charge on any atom is -0.340 e. The van der Waals surface area contributed by atoms with Crippen LogP contribution < -0.4 is 0 Å². The van der Waals surface area contributed by atoms with Crippen molar-refractivity contribution in [2.75, 3.05) is 19.6 Å². The number of aryl methyl sites for hydroxylation is 1. The van der Waals surface area contributed by atoms with Crippen molar-refractivity contribution >= 4 is 11.8 Å². The van der Waals surface area contributed by atoms with E-state index in [1.54, 1.807) is 12.4 Å². The Morgan fingerprint density at radius 3 is 3.00 bits per heavy atom. The first kappa shape index (κ1) is 18.6. The molecule has 0 saturated carbocycles. The number of hydrogen-bond donors (Lipinski definition) is 0. The van der Waals surface area contributed by atoms with Crippen molar-refractivity contribution in [3.8, 4) is 11.4 Å². The van der Waals surface area contributed by atoms with Gasteiger partial charge in [0.25, 0.3) is 0 Å². The maximum absolute atomic E-state index is 12.8. The first-order valence-electron chi connectivity index (χ1n) is 9.97. The van der Waals surface area contributed by atoms with Crippen LogP contribution in [0.5, 0.6) is 0 Å². The molecular formula is C20H25N5O3. The maximum atomic E-state index is 12.8. The van der Waals surface area contributed by atoms with Gasteiger partial charge in [0, 0.05) is 56.5 Å². The summed E-state index contributed by atoms with van der Waals surface area (Å²) in [4.78, 5) is 37.7. The van der Waals surface area contributed by atoms with Crippen LogP contribution in [0.25, 0.3) is 11.4 Å². The third-order valence-electron chi connectivity index (χ3n) is 5.55. The first-order chi connectivity index (χ1) is 13.7. The smallest absolute Gasteiger partial charge is 0.227 e. The SMILES string of the molecule is CCCN1C(=O)[C@H]2CC[C@@H]1CN(C(=O)CCc1nc(-c3cccnc3)no1)C2. The van der Waals surface area contributed by atoms with E-state index in [0.717, 1.165) is 31.4 Å². The van der Waals surface area contributed by atoms with Gasteiger partial charge in [-0.2, -0.15) is 4.98 Å². The number of amides is 2. The molecule has 2 aromatic heterocycles. The van der Waals surface area contributed by atoms with Gasteiger partial charge >= 0.3 is 0 Å². The van der Waals surface area contributed by atoms with E-state index < -0.39 is 0 Å². The molecule has 2 amide bonds. The molecule has 3 saturated heterocycles. The second-order valence-corrected chi connectivity index (χ2v) is 7.51. The molecule has 3 fully saturated rings. The molecule has 0 radical (unpaired) electrons. The van der Waals surface area contributed by atoms with Crippen molar-refractivity contribution in [3.63, 3.8) is 0 Å². The number of fused-ring (bicyclic) bond motifs is 4. The van der Waals surface area contributed by atoms with Gasteiger partial charge in [-0.25, -0.2) is 0 Å². The number of carbonyl (C=O) groups excluding carboxylic acids is 2. The summed E-state index contributed by atoms with van der Waals surface area (Å²) in [5, 5.41) is 3.96. The van der Waals surface area contributed by atoms with Crippen LogP contribution in [0.2, 0.25) is 0 Å². The second kappa shape index (κ2) is 8.08. The highest BCUT2D eigenvalue weighted by molar-refractivity contribution is 5.83. The predicted molar refractivity (Wildman–Crippen MR) is 101 cm³/mol. The van der Waals surface area contributed by atoms with Crippen LogP contribution in [0.4, 0.5) is 0 Å². The molecule has 8 heteroatoms. The van der Waals surface area contributed by atoms with Crippen molar-refractivity contribution in [2.24, 2.45) is 5.92 Å². The van der Waals surface area contributed by atoms with E-state index in [1.807, 2.05) is 21.9 Å². The minimum absolute atomic E-state index is 0.0455. The van der Waals surface area contributed by atoms with Crippen molar-refractivity contribution in [3.05, 3.63) is 30.4 Å². The molecule has 0 aliphatic carbocycles. The van der Waals surface area contributed by atoms with Gasteiger partial charge in [0.05, 0.1) is 5.92 Å². The molecule has 3 aliphatic heterocycles. The molecular weight excluding hydrogens is 358 g/mol. The molecule has 2 bridgehead atoms. The molecule has 0 aromatic carbocycles. The maximum Gasteiger partial charge on any atom is 0.227 e. The Labute approximate surface area is 163 Å². The average molecular weight is 383 g/mol. The quantitative estimate of drug-likeness (QED) is 0.757. The van der Waals surface area contributed by atoms with Gasteiger partial charge in [-0.05, 0) is 31.4 Å². The Balaban J connectivity index is 1.37. The highest BCUT2D eigenvalue weighted by Crippen LogP contribution is 2.29. The number of piperidine rings is 1. The van der Waals surface area contributed by atoms with Gasteiger partial charge in [-0.1, -0.05) is 12.1 Å². The lowest BCUT2D eigenvalue weighted by atomic mass is 9.94. The molecule has 5 rings (SSSR count). The third-order valence-corrected chi connectivity index (χ3v) is 5.55. The van der Waals surface area contributed by atoms with Crippen LogP contribution in [-0.2, 0) is 16.0 Å². The Hall–Kier alpha value is -2.77. The van der Waals surface area contributed by atoms with E-state index in [1.165, 1.54) is 0 Å². The molecule has 2 atom stereocenters. The van der Waals surface area contributed by atoms with Crippen molar-refractivity contribution in [2.45, 2.75) is 45.1 Å². The standard InChI is InChI=1S/C20H25N5O3/c1-2-10-25-16-6-5-15(20(25)27)12-24(13-16)18(26)8-7-17-22-19(23-28-17)14-4-3-9-21-11-14/h3-4,9,11,15-16H,2,5-8,10,12-13H2,1H3/t15-,16+/m0/s1. The molecule has 28 heavy (non-hydrogen) atoms. The highest BCUT2D eigenvalue weighted by atomic mass is 16.5. The topological polar surface area (TPSA) is 92.4 Å². The normalized spacial score (nSPS) is 21.8. The summed E-state index contributed by atoms with van der Waals surface area (Å²) in [5.41, 5.74) is 0.780.